The molecule has 2 aliphatic rings. The second-order valence-electron chi connectivity index (χ2n) is 5.62. The Morgan fingerprint density at radius 2 is 2.23 bits per heavy atom. The van der Waals surface area contributed by atoms with Crippen LogP contribution in [0.3, 0.4) is 0 Å². The lowest BCUT2D eigenvalue weighted by Crippen LogP contribution is -2.52. The summed E-state index contributed by atoms with van der Waals surface area (Å²) in [6, 6.07) is 4.06. The van der Waals surface area contributed by atoms with Crippen LogP contribution in [0.5, 0.6) is 5.75 Å². The first-order valence-corrected chi connectivity index (χ1v) is 7.17. The average Bonchev–Trinajstić information content (AvgIpc) is 2.80. The van der Waals surface area contributed by atoms with Gasteiger partial charge in [-0.05, 0) is 18.6 Å². The molecule has 0 bridgehead atoms. The Kier molecular flexibility index (Phi) is 3.64. The number of amides is 3. The standard InChI is InChI=1S/C15H18FN3O3/c1-18-13-5-6-19(8-12(13)17-15(18)21)14(20)10-4-3-9(22-2)7-11(10)16/h3-4,7,12-13H,5-6,8H2,1-2H3,(H,17,21)/t12-,13+/m1/s1. The molecule has 22 heavy (non-hydrogen) atoms. The highest BCUT2D eigenvalue weighted by Crippen LogP contribution is 2.24. The summed E-state index contributed by atoms with van der Waals surface area (Å²) in [5.74, 6) is -0.584. The van der Waals surface area contributed by atoms with Crippen molar-refractivity contribution in [3.63, 3.8) is 0 Å². The zero-order valence-electron chi connectivity index (χ0n) is 12.5. The van der Waals surface area contributed by atoms with Gasteiger partial charge < -0.3 is 19.9 Å². The number of hydrogen-bond acceptors (Lipinski definition) is 3. The number of likely N-dealkylation sites (tertiary alicyclic amines) is 1. The Labute approximate surface area is 127 Å². The highest BCUT2D eigenvalue weighted by molar-refractivity contribution is 5.95. The lowest BCUT2D eigenvalue weighted by molar-refractivity contribution is 0.0661. The zero-order chi connectivity index (χ0) is 15.9. The summed E-state index contributed by atoms with van der Waals surface area (Å²) >= 11 is 0. The number of nitrogens with zero attached hydrogens (tertiary/aromatic N) is 2. The molecule has 2 saturated heterocycles. The summed E-state index contributed by atoms with van der Waals surface area (Å²) in [5.41, 5.74) is 0.0249. The van der Waals surface area contributed by atoms with Gasteiger partial charge in [0.05, 0.1) is 24.8 Å². The predicted molar refractivity (Wildman–Crippen MR) is 77.3 cm³/mol. The minimum absolute atomic E-state index is 0.0249. The van der Waals surface area contributed by atoms with Gasteiger partial charge >= 0.3 is 6.03 Å². The van der Waals surface area contributed by atoms with E-state index in [-0.39, 0.29) is 29.6 Å². The van der Waals surface area contributed by atoms with E-state index in [1.54, 1.807) is 22.9 Å². The Hall–Kier alpha value is -2.31. The molecule has 0 unspecified atom stereocenters. The summed E-state index contributed by atoms with van der Waals surface area (Å²) < 4.78 is 19.0. The highest BCUT2D eigenvalue weighted by atomic mass is 19.1. The van der Waals surface area contributed by atoms with Crippen LogP contribution < -0.4 is 10.1 Å². The summed E-state index contributed by atoms with van der Waals surface area (Å²) in [7, 11) is 3.20. The fraction of sp³-hybridized carbons (Fsp3) is 0.467. The van der Waals surface area contributed by atoms with Crippen LogP contribution in [0, 0.1) is 5.82 Å². The SMILES string of the molecule is COc1ccc(C(=O)N2CC[C@H]3[C@@H](C2)NC(=O)N3C)c(F)c1. The van der Waals surface area contributed by atoms with Crippen molar-refractivity contribution >= 4 is 11.9 Å². The monoisotopic (exact) mass is 307 g/mol. The number of hydrogen-bond donors (Lipinski definition) is 1. The van der Waals surface area contributed by atoms with E-state index >= 15 is 0 Å². The third-order valence-electron chi connectivity index (χ3n) is 4.40. The van der Waals surface area contributed by atoms with Crippen LogP contribution in [0.25, 0.3) is 0 Å². The first kappa shape index (κ1) is 14.6. The number of nitrogens with one attached hydrogen (secondary N) is 1. The molecular weight excluding hydrogens is 289 g/mol. The van der Waals surface area contributed by atoms with E-state index in [1.807, 2.05) is 0 Å². The van der Waals surface area contributed by atoms with E-state index in [0.717, 1.165) is 0 Å². The number of halogens is 1. The Balaban J connectivity index is 1.75. The van der Waals surface area contributed by atoms with E-state index in [9.17, 15) is 14.0 Å². The van der Waals surface area contributed by atoms with Crippen molar-refractivity contribution in [1.82, 2.24) is 15.1 Å². The zero-order valence-corrected chi connectivity index (χ0v) is 12.5. The first-order chi connectivity index (χ1) is 10.5. The molecule has 6 nitrogen and oxygen atoms in total. The molecule has 118 valence electrons. The van der Waals surface area contributed by atoms with E-state index in [2.05, 4.69) is 5.32 Å². The molecule has 1 aromatic carbocycles. The molecule has 0 aliphatic carbocycles. The maximum absolute atomic E-state index is 14.0. The quantitative estimate of drug-likeness (QED) is 0.889. The average molecular weight is 307 g/mol. The fourth-order valence-electron chi connectivity index (χ4n) is 3.11. The number of fused-ring (bicyclic) bond motifs is 1. The van der Waals surface area contributed by atoms with Gasteiger partial charge in [0.25, 0.3) is 5.91 Å². The molecule has 2 aliphatic heterocycles. The minimum atomic E-state index is -0.598. The van der Waals surface area contributed by atoms with E-state index < -0.39 is 5.82 Å². The summed E-state index contributed by atoms with van der Waals surface area (Å²) in [6.45, 7) is 0.899. The normalized spacial score (nSPS) is 24.0. The third kappa shape index (κ3) is 2.36. The van der Waals surface area contributed by atoms with Gasteiger partial charge in [0.1, 0.15) is 11.6 Å². The van der Waals surface area contributed by atoms with E-state index in [0.29, 0.717) is 25.3 Å². The molecule has 0 radical (unpaired) electrons. The van der Waals surface area contributed by atoms with E-state index in [4.69, 9.17) is 4.74 Å². The van der Waals surface area contributed by atoms with Crippen molar-refractivity contribution in [1.29, 1.82) is 0 Å². The molecule has 1 N–H and O–H groups in total. The molecule has 0 spiro atoms. The molecule has 0 saturated carbocycles. The van der Waals surface area contributed by atoms with Gasteiger partial charge in [-0.1, -0.05) is 0 Å². The van der Waals surface area contributed by atoms with Crippen LogP contribution in [-0.4, -0.2) is 61.1 Å². The van der Waals surface area contributed by atoms with Gasteiger partial charge in [-0.2, -0.15) is 0 Å². The van der Waals surface area contributed by atoms with Gasteiger partial charge in [0.2, 0.25) is 0 Å². The maximum Gasteiger partial charge on any atom is 0.317 e. The number of piperidine rings is 1. The Morgan fingerprint density at radius 3 is 2.91 bits per heavy atom. The summed E-state index contributed by atoms with van der Waals surface area (Å²) in [6.07, 6.45) is 0.684. The second-order valence-corrected chi connectivity index (χ2v) is 5.62. The van der Waals surface area contributed by atoms with Gasteiger partial charge in [-0.25, -0.2) is 9.18 Å². The number of carbonyl (C=O) groups is 2. The van der Waals surface area contributed by atoms with E-state index in [1.165, 1.54) is 19.2 Å². The van der Waals surface area contributed by atoms with Gasteiger partial charge in [0, 0.05) is 26.2 Å². The number of rotatable bonds is 2. The molecule has 3 amide bonds. The van der Waals surface area contributed by atoms with Crippen LogP contribution in [0.15, 0.2) is 18.2 Å². The first-order valence-electron chi connectivity index (χ1n) is 7.17. The third-order valence-corrected chi connectivity index (χ3v) is 4.40. The summed E-state index contributed by atoms with van der Waals surface area (Å²) in [4.78, 5) is 27.4. The molecular formula is C15H18FN3O3. The highest BCUT2D eigenvalue weighted by Gasteiger charge is 2.41. The van der Waals surface area contributed by atoms with Crippen LogP contribution in [0.1, 0.15) is 16.8 Å². The number of carbonyl (C=O) groups excluding carboxylic acids is 2. The van der Waals surface area contributed by atoms with Gasteiger partial charge in [-0.15, -0.1) is 0 Å². The number of likely N-dealkylation sites (N-methyl/N-ethyl adjacent to an activating group) is 1. The smallest absolute Gasteiger partial charge is 0.317 e. The lowest BCUT2D eigenvalue weighted by atomic mass is 9.99. The van der Waals surface area contributed by atoms with Crippen molar-refractivity contribution in [2.45, 2.75) is 18.5 Å². The van der Waals surface area contributed by atoms with Crippen molar-refractivity contribution < 1.29 is 18.7 Å². The number of ether oxygens (including phenoxy) is 1. The van der Waals surface area contributed by atoms with Crippen LogP contribution in [0.4, 0.5) is 9.18 Å². The minimum Gasteiger partial charge on any atom is -0.497 e. The molecule has 0 aromatic heterocycles. The van der Waals surface area contributed by atoms with Gasteiger partial charge in [0.15, 0.2) is 0 Å². The molecule has 2 atom stereocenters. The predicted octanol–water partition coefficient (Wildman–Crippen LogP) is 1.07. The molecule has 1 aromatic rings. The van der Waals surface area contributed by atoms with Crippen LogP contribution in [-0.2, 0) is 0 Å². The second kappa shape index (κ2) is 5.47. The van der Waals surface area contributed by atoms with Crippen molar-refractivity contribution in [2.24, 2.45) is 0 Å². The number of methoxy groups -OCH3 is 1. The van der Waals surface area contributed by atoms with Gasteiger partial charge in [-0.3, -0.25) is 4.79 Å². The van der Waals surface area contributed by atoms with Crippen molar-refractivity contribution in [3.8, 4) is 5.75 Å². The summed E-state index contributed by atoms with van der Waals surface area (Å²) in [5, 5.41) is 2.85. The van der Waals surface area contributed by atoms with Crippen LogP contribution in [0.2, 0.25) is 0 Å². The van der Waals surface area contributed by atoms with Crippen molar-refractivity contribution in [2.75, 3.05) is 27.2 Å². The van der Waals surface area contributed by atoms with Crippen LogP contribution >= 0.6 is 0 Å². The topological polar surface area (TPSA) is 61.9 Å². The molecule has 7 heteroatoms. The lowest BCUT2D eigenvalue weighted by Gasteiger charge is -2.35. The number of urea groups is 1. The molecule has 2 fully saturated rings. The fourth-order valence-corrected chi connectivity index (χ4v) is 3.11. The number of benzene rings is 1. The largest absolute Gasteiger partial charge is 0.497 e. The van der Waals surface area contributed by atoms with Crippen molar-refractivity contribution in [3.05, 3.63) is 29.6 Å². The maximum atomic E-state index is 14.0. The Bertz CT molecular complexity index is 622. The Morgan fingerprint density at radius 1 is 1.45 bits per heavy atom. The molecule has 2 heterocycles. The molecule has 3 rings (SSSR count).